The van der Waals surface area contributed by atoms with Crippen molar-refractivity contribution in [1.82, 2.24) is 10.2 Å². The number of halogens is 1. The predicted molar refractivity (Wildman–Crippen MR) is 65.1 cm³/mol. The second kappa shape index (κ2) is 5.27. The van der Waals surface area contributed by atoms with Crippen molar-refractivity contribution in [3.8, 4) is 5.75 Å². The van der Waals surface area contributed by atoms with Crippen LogP contribution in [0.4, 0.5) is 0 Å². The topological polar surface area (TPSA) is 35.0 Å². The Hall–Kier alpha value is -1.13. The van der Waals surface area contributed by atoms with E-state index in [2.05, 4.69) is 23.2 Å². The van der Waals surface area contributed by atoms with E-state index >= 15 is 0 Å². The SMILES string of the molecule is CCc1ccccc1OCc1nnc(Cl)s1. The van der Waals surface area contributed by atoms with Crippen molar-refractivity contribution in [2.75, 3.05) is 0 Å². The van der Waals surface area contributed by atoms with Crippen molar-refractivity contribution in [3.05, 3.63) is 39.3 Å². The average Bonchev–Trinajstić information content (AvgIpc) is 2.73. The van der Waals surface area contributed by atoms with Gasteiger partial charge in [-0.15, -0.1) is 10.2 Å². The smallest absolute Gasteiger partial charge is 0.207 e. The molecular weight excluding hydrogens is 244 g/mol. The highest BCUT2D eigenvalue weighted by molar-refractivity contribution is 7.15. The molecule has 0 aliphatic heterocycles. The van der Waals surface area contributed by atoms with Gasteiger partial charge in [0.1, 0.15) is 12.4 Å². The molecule has 0 unspecified atom stereocenters. The fraction of sp³-hybridized carbons (Fsp3) is 0.273. The molecule has 0 amide bonds. The first-order valence-corrected chi connectivity index (χ1v) is 6.17. The quantitative estimate of drug-likeness (QED) is 0.840. The summed E-state index contributed by atoms with van der Waals surface area (Å²) in [5.74, 6) is 0.899. The number of hydrogen-bond acceptors (Lipinski definition) is 4. The molecule has 0 aliphatic carbocycles. The molecule has 0 atom stereocenters. The molecule has 0 saturated carbocycles. The summed E-state index contributed by atoms with van der Waals surface area (Å²) in [4.78, 5) is 0. The van der Waals surface area contributed by atoms with Crippen molar-refractivity contribution in [3.63, 3.8) is 0 Å². The summed E-state index contributed by atoms with van der Waals surface area (Å²) in [5.41, 5.74) is 1.19. The van der Waals surface area contributed by atoms with Gasteiger partial charge in [0.15, 0.2) is 5.01 Å². The predicted octanol–water partition coefficient (Wildman–Crippen LogP) is 3.33. The molecule has 0 spiro atoms. The van der Waals surface area contributed by atoms with Crippen LogP contribution in [0.2, 0.25) is 4.47 Å². The monoisotopic (exact) mass is 254 g/mol. The van der Waals surface area contributed by atoms with Gasteiger partial charge in [0, 0.05) is 0 Å². The van der Waals surface area contributed by atoms with Gasteiger partial charge in [-0.2, -0.15) is 0 Å². The third-order valence-corrected chi connectivity index (χ3v) is 3.14. The minimum atomic E-state index is 0.418. The van der Waals surface area contributed by atoms with Crippen molar-refractivity contribution in [2.45, 2.75) is 20.0 Å². The Balaban J connectivity index is 2.04. The summed E-state index contributed by atoms with van der Waals surface area (Å²) in [6, 6.07) is 7.99. The second-order valence-corrected chi connectivity index (χ2v) is 4.84. The van der Waals surface area contributed by atoms with Gasteiger partial charge >= 0.3 is 0 Å². The first-order valence-electron chi connectivity index (χ1n) is 4.98. The lowest BCUT2D eigenvalue weighted by Gasteiger charge is -2.07. The molecule has 0 saturated heterocycles. The van der Waals surface area contributed by atoms with Crippen molar-refractivity contribution >= 4 is 22.9 Å². The summed E-state index contributed by atoms with van der Waals surface area (Å²) in [6.45, 7) is 2.52. The molecule has 3 nitrogen and oxygen atoms in total. The number of nitrogens with zero attached hydrogens (tertiary/aromatic N) is 2. The number of benzene rings is 1. The van der Waals surface area contributed by atoms with E-state index in [0.29, 0.717) is 11.1 Å². The summed E-state index contributed by atoms with van der Waals surface area (Å²) in [7, 11) is 0. The van der Waals surface area contributed by atoms with Gasteiger partial charge in [-0.25, -0.2) is 0 Å². The molecule has 16 heavy (non-hydrogen) atoms. The Morgan fingerprint density at radius 2 is 2.12 bits per heavy atom. The second-order valence-electron chi connectivity index (χ2n) is 3.20. The minimum Gasteiger partial charge on any atom is -0.486 e. The normalized spacial score (nSPS) is 10.4. The lowest BCUT2D eigenvalue weighted by Crippen LogP contribution is -1.97. The van der Waals surface area contributed by atoms with Crippen LogP contribution in [0.15, 0.2) is 24.3 Å². The van der Waals surface area contributed by atoms with Crippen LogP contribution in [-0.2, 0) is 13.0 Å². The van der Waals surface area contributed by atoms with E-state index in [0.717, 1.165) is 17.2 Å². The molecule has 0 fully saturated rings. The number of para-hydroxylation sites is 1. The van der Waals surface area contributed by atoms with Gasteiger partial charge in [0.25, 0.3) is 0 Å². The van der Waals surface area contributed by atoms with E-state index in [1.165, 1.54) is 16.9 Å². The average molecular weight is 255 g/mol. The van der Waals surface area contributed by atoms with Gasteiger partial charge in [0.2, 0.25) is 4.47 Å². The van der Waals surface area contributed by atoms with E-state index in [-0.39, 0.29) is 0 Å². The molecule has 1 aromatic heterocycles. The van der Waals surface area contributed by atoms with E-state index < -0.39 is 0 Å². The van der Waals surface area contributed by atoms with Crippen LogP contribution >= 0.6 is 22.9 Å². The van der Waals surface area contributed by atoms with Crippen LogP contribution in [0, 0.1) is 0 Å². The number of aromatic nitrogens is 2. The zero-order valence-corrected chi connectivity index (χ0v) is 10.4. The van der Waals surface area contributed by atoms with Gasteiger partial charge in [-0.1, -0.05) is 36.5 Å². The van der Waals surface area contributed by atoms with Crippen LogP contribution in [0.25, 0.3) is 0 Å². The Morgan fingerprint density at radius 1 is 1.31 bits per heavy atom. The Bertz CT molecular complexity index is 473. The zero-order valence-electron chi connectivity index (χ0n) is 8.81. The van der Waals surface area contributed by atoms with E-state index in [9.17, 15) is 0 Å². The van der Waals surface area contributed by atoms with Crippen molar-refractivity contribution in [2.24, 2.45) is 0 Å². The minimum absolute atomic E-state index is 0.418. The number of rotatable bonds is 4. The highest BCUT2D eigenvalue weighted by Crippen LogP contribution is 2.21. The van der Waals surface area contributed by atoms with Crippen LogP contribution in [0.5, 0.6) is 5.75 Å². The van der Waals surface area contributed by atoms with Crippen LogP contribution in [-0.4, -0.2) is 10.2 Å². The largest absolute Gasteiger partial charge is 0.486 e. The molecular formula is C11H11ClN2OS. The van der Waals surface area contributed by atoms with Gasteiger partial charge < -0.3 is 4.74 Å². The Morgan fingerprint density at radius 3 is 2.81 bits per heavy atom. The van der Waals surface area contributed by atoms with E-state index in [1.54, 1.807) is 0 Å². The fourth-order valence-electron chi connectivity index (χ4n) is 1.37. The summed E-state index contributed by atoms with van der Waals surface area (Å²) >= 11 is 7.03. The molecule has 0 N–H and O–H groups in total. The van der Waals surface area contributed by atoms with Crippen LogP contribution < -0.4 is 4.74 Å². The fourth-order valence-corrected chi connectivity index (χ4v) is 2.15. The Kier molecular flexibility index (Phi) is 3.74. The molecule has 2 rings (SSSR count). The maximum absolute atomic E-state index is 5.69. The lowest BCUT2D eigenvalue weighted by atomic mass is 10.1. The third-order valence-electron chi connectivity index (χ3n) is 2.15. The number of hydrogen-bond donors (Lipinski definition) is 0. The molecule has 0 bridgehead atoms. The zero-order chi connectivity index (χ0) is 11.4. The molecule has 1 aromatic carbocycles. The molecule has 0 aliphatic rings. The molecule has 1 heterocycles. The third kappa shape index (κ3) is 2.71. The number of aryl methyl sites for hydroxylation is 1. The summed E-state index contributed by atoms with van der Waals surface area (Å²) in [6.07, 6.45) is 0.951. The molecule has 2 aromatic rings. The molecule has 84 valence electrons. The first kappa shape index (κ1) is 11.4. The van der Waals surface area contributed by atoms with Crippen LogP contribution in [0.3, 0.4) is 0 Å². The maximum atomic E-state index is 5.69. The number of ether oxygens (including phenoxy) is 1. The summed E-state index contributed by atoms with van der Waals surface area (Å²) < 4.78 is 6.12. The lowest BCUT2D eigenvalue weighted by molar-refractivity contribution is 0.301. The van der Waals surface area contributed by atoms with E-state index in [4.69, 9.17) is 16.3 Å². The van der Waals surface area contributed by atoms with Gasteiger partial charge in [-0.05, 0) is 29.7 Å². The van der Waals surface area contributed by atoms with Gasteiger partial charge in [0.05, 0.1) is 0 Å². The molecule has 5 heteroatoms. The first-order chi connectivity index (χ1) is 7.79. The highest BCUT2D eigenvalue weighted by atomic mass is 35.5. The van der Waals surface area contributed by atoms with Crippen LogP contribution in [0.1, 0.15) is 17.5 Å². The molecule has 0 radical (unpaired) electrons. The van der Waals surface area contributed by atoms with Gasteiger partial charge in [-0.3, -0.25) is 0 Å². The summed E-state index contributed by atoms with van der Waals surface area (Å²) in [5, 5.41) is 8.41. The van der Waals surface area contributed by atoms with Crippen molar-refractivity contribution in [1.29, 1.82) is 0 Å². The van der Waals surface area contributed by atoms with E-state index in [1.807, 2.05) is 18.2 Å². The highest BCUT2D eigenvalue weighted by Gasteiger charge is 2.04. The maximum Gasteiger partial charge on any atom is 0.207 e. The Labute approximate surface area is 103 Å². The van der Waals surface area contributed by atoms with Crippen molar-refractivity contribution < 1.29 is 4.74 Å². The standard InChI is InChI=1S/C11H11ClN2OS/c1-2-8-5-3-4-6-9(8)15-7-10-13-14-11(12)16-10/h3-6H,2,7H2,1H3.